The van der Waals surface area contributed by atoms with Crippen LogP contribution in [0.25, 0.3) is 0 Å². The summed E-state index contributed by atoms with van der Waals surface area (Å²) in [5, 5.41) is 13.5. The largest absolute Gasteiger partial charge is 0.398 e. The molecule has 0 spiro atoms. The van der Waals surface area contributed by atoms with Crippen molar-refractivity contribution in [2.75, 3.05) is 11.1 Å². The van der Waals surface area contributed by atoms with E-state index in [2.05, 4.69) is 5.32 Å². The molecular weight excluding hydrogens is 270 g/mol. The summed E-state index contributed by atoms with van der Waals surface area (Å²) in [7, 11) is 0. The van der Waals surface area contributed by atoms with Gasteiger partial charge in [-0.3, -0.25) is 14.9 Å². The maximum atomic E-state index is 12.3. The van der Waals surface area contributed by atoms with E-state index in [0.29, 0.717) is 16.9 Å². The normalized spacial score (nSPS) is 10.2. The van der Waals surface area contributed by atoms with Gasteiger partial charge < -0.3 is 11.1 Å². The highest BCUT2D eigenvalue weighted by Gasteiger charge is 2.14. The first-order valence-corrected chi connectivity index (χ1v) is 6.31. The molecule has 0 radical (unpaired) electrons. The maximum Gasteiger partial charge on any atom is 0.271 e. The molecule has 3 N–H and O–H groups in total. The van der Waals surface area contributed by atoms with Gasteiger partial charge in [0.1, 0.15) is 0 Å². The molecule has 1 amide bonds. The molecule has 21 heavy (non-hydrogen) atoms. The summed E-state index contributed by atoms with van der Waals surface area (Å²) in [5.41, 5.74) is 8.47. The molecule has 0 bridgehead atoms. The summed E-state index contributed by atoms with van der Waals surface area (Å²) in [4.78, 5) is 22.5. The van der Waals surface area contributed by atoms with E-state index < -0.39 is 4.92 Å². The van der Waals surface area contributed by atoms with E-state index in [-0.39, 0.29) is 11.6 Å². The average molecular weight is 285 g/mol. The lowest BCUT2D eigenvalue weighted by Gasteiger charge is -2.10. The standard InChI is InChI=1S/C15H15N3O3/c1-9-3-6-13(16)12(7-9)15(19)17-14-8-11(18(20)21)5-4-10(14)2/h3-8H,16H2,1-2H3,(H,17,19). The van der Waals surface area contributed by atoms with Crippen LogP contribution in [0.4, 0.5) is 17.1 Å². The molecule has 2 rings (SSSR count). The molecule has 6 heteroatoms. The van der Waals surface area contributed by atoms with Gasteiger partial charge in [-0.15, -0.1) is 0 Å². The molecule has 0 fully saturated rings. The number of benzene rings is 2. The van der Waals surface area contributed by atoms with Crippen molar-refractivity contribution < 1.29 is 9.72 Å². The number of hydrogen-bond donors (Lipinski definition) is 2. The quantitative estimate of drug-likeness (QED) is 0.514. The Hall–Kier alpha value is -2.89. The average Bonchev–Trinajstić information content (AvgIpc) is 2.43. The number of nitro groups is 1. The van der Waals surface area contributed by atoms with Crippen molar-refractivity contribution in [2.24, 2.45) is 0 Å². The molecule has 0 saturated carbocycles. The first-order chi connectivity index (χ1) is 9.88. The second-order valence-corrected chi connectivity index (χ2v) is 4.80. The summed E-state index contributed by atoms with van der Waals surface area (Å²) >= 11 is 0. The molecule has 6 nitrogen and oxygen atoms in total. The van der Waals surface area contributed by atoms with Crippen molar-refractivity contribution in [1.82, 2.24) is 0 Å². The van der Waals surface area contributed by atoms with E-state index in [1.165, 1.54) is 12.1 Å². The highest BCUT2D eigenvalue weighted by molar-refractivity contribution is 6.08. The summed E-state index contributed by atoms with van der Waals surface area (Å²) in [6.07, 6.45) is 0. The fourth-order valence-corrected chi connectivity index (χ4v) is 1.91. The number of nitrogens with one attached hydrogen (secondary N) is 1. The van der Waals surface area contributed by atoms with Crippen LogP contribution in [0.15, 0.2) is 36.4 Å². The van der Waals surface area contributed by atoms with E-state index in [0.717, 1.165) is 11.1 Å². The second kappa shape index (κ2) is 5.62. The fraction of sp³-hybridized carbons (Fsp3) is 0.133. The number of nitrogens with zero attached hydrogens (tertiary/aromatic N) is 1. The molecule has 0 aliphatic rings. The Bertz CT molecular complexity index is 726. The Labute approximate surface area is 121 Å². The molecule has 0 saturated heterocycles. The van der Waals surface area contributed by atoms with Crippen molar-refractivity contribution >= 4 is 23.0 Å². The predicted octanol–water partition coefficient (Wildman–Crippen LogP) is 3.05. The minimum absolute atomic E-state index is 0.0758. The molecule has 2 aromatic rings. The van der Waals surface area contributed by atoms with Crippen LogP contribution in [-0.4, -0.2) is 10.8 Å². The number of nitrogens with two attached hydrogens (primary N) is 1. The highest BCUT2D eigenvalue weighted by Crippen LogP contribution is 2.23. The van der Waals surface area contributed by atoms with Gasteiger partial charge in [-0.2, -0.15) is 0 Å². The lowest BCUT2D eigenvalue weighted by molar-refractivity contribution is -0.384. The fourth-order valence-electron chi connectivity index (χ4n) is 1.91. The number of non-ortho nitro benzene ring substituents is 1. The van der Waals surface area contributed by atoms with E-state index >= 15 is 0 Å². The number of rotatable bonds is 3. The maximum absolute atomic E-state index is 12.3. The van der Waals surface area contributed by atoms with E-state index in [1.807, 2.05) is 13.0 Å². The van der Waals surface area contributed by atoms with Crippen molar-refractivity contribution in [3.8, 4) is 0 Å². The summed E-state index contributed by atoms with van der Waals surface area (Å²) < 4.78 is 0. The zero-order chi connectivity index (χ0) is 15.6. The van der Waals surface area contributed by atoms with Crippen LogP contribution < -0.4 is 11.1 Å². The van der Waals surface area contributed by atoms with E-state index in [9.17, 15) is 14.9 Å². The van der Waals surface area contributed by atoms with Gasteiger partial charge >= 0.3 is 0 Å². The third kappa shape index (κ3) is 3.17. The van der Waals surface area contributed by atoms with Gasteiger partial charge in [0.15, 0.2) is 0 Å². The number of anilines is 2. The molecule has 0 aliphatic heterocycles. The minimum Gasteiger partial charge on any atom is -0.398 e. The van der Waals surface area contributed by atoms with Crippen LogP contribution in [0.2, 0.25) is 0 Å². The number of nitro benzene ring substituents is 1. The third-order valence-corrected chi connectivity index (χ3v) is 3.13. The van der Waals surface area contributed by atoms with Gasteiger partial charge in [-0.25, -0.2) is 0 Å². The predicted molar refractivity (Wildman–Crippen MR) is 81.4 cm³/mol. The van der Waals surface area contributed by atoms with Crippen LogP contribution in [0.3, 0.4) is 0 Å². The number of carbonyl (C=O) groups is 1. The molecule has 0 aromatic heterocycles. The van der Waals surface area contributed by atoms with Gasteiger partial charge in [0, 0.05) is 17.8 Å². The van der Waals surface area contributed by atoms with Crippen LogP contribution in [0, 0.1) is 24.0 Å². The van der Waals surface area contributed by atoms with Gasteiger partial charge in [-0.1, -0.05) is 17.7 Å². The van der Waals surface area contributed by atoms with Crippen LogP contribution in [0.5, 0.6) is 0 Å². The highest BCUT2D eigenvalue weighted by atomic mass is 16.6. The number of hydrogen-bond acceptors (Lipinski definition) is 4. The number of nitrogen functional groups attached to an aromatic ring is 1. The molecule has 0 heterocycles. The van der Waals surface area contributed by atoms with Gasteiger partial charge in [0.05, 0.1) is 16.2 Å². The monoisotopic (exact) mass is 285 g/mol. The summed E-state index contributed by atoms with van der Waals surface area (Å²) in [6.45, 7) is 3.62. The van der Waals surface area contributed by atoms with E-state index in [1.54, 1.807) is 25.1 Å². The first-order valence-electron chi connectivity index (χ1n) is 6.31. The van der Waals surface area contributed by atoms with Crippen LogP contribution in [-0.2, 0) is 0 Å². The Balaban J connectivity index is 2.33. The van der Waals surface area contributed by atoms with Crippen LogP contribution >= 0.6 is 0 Å². The third-order valence-electron chi connectivity index (χ3n) is 3.13. The number of amides is 1. The molecule has 108 valence electrons. The van der Waals surface area contributed by atoms with Crippen molar-refractivity contribution in [2.45, 2.75) is 13.8 Å². The van der Waals surface area contributed by atoms with Crippen molar-refractivity contribution in [3.05, 3.63) is 63.2 Å². The molecular formula is C15H15N3O3. The topological polar surface area (TPSA) is 98.3 Å². The number of aryl methyl sites for hydroxylation is 2. The molecule has 0 aliphatic carbocycles. The first kappa shape index (κ1) is 14.5. The van der Waals surface area contributed by atoms with Crippen LogP contribution in [0.1, 0.15) is 21.5 Å². The van der Waals surface area contributed by atoms with Gasteiger partial charge in [0.25, 0.3) is 11.6 Å². The molecule has 0 unspecified atom stereocenters. The van der Waals surface area contributed by atoms with Gasteiger partial charge in [0.2, 0.25) is 0 Å². The molecule has 2 aromatic carbocycles. The summed E-state index contributed by atoms with van der Waals surface area (Å²) in [6, 6.07) is 9.46. The van der Waals surface area contributed by atoms with E-state index in [4.69, 9.17) is 5.73 Å². The SMILES string of the molecule is Cc1ccc(N)c(C(=O)Nc2cc([N+](=O)[O-])ccc2C)c1. The zero-order valence-electron chi connectivity index (χ0n) is 11.7. The van der Waals surface area contributed by atoms with Crippen molar-refractivity contribution in [1.29, 1.82) is 0 Å². The Kier molecular flexibility index (Phi) is 3.89. The second-order valence-electron chi connectivity index (χ2n) is 4.80. The summed E-state index contributed by atoms with van der Waals surface area (Å²) in [5.74, 6) is -0.389. The Morgan fingerprint density at radius 3 is 2.57 bits per heavy atom. The smallest absolute Gasteiger partial charge is 0.271 e. The Morgan fingerprint density at radius 1 is 1.19 bits per heavy atom. The minimum atomic E-state index is -0.504. The van der Waals surface area contributed by atoms with Gasteiger partial charge in [-0.05, 0) is 31.5 Å². The lowest BCUT2D eigenvalue weighted by atomic mass is 10.1. The molecule has 0 atom stereocenters. The van der Waals surface area contributed by atoms with Crippen molar-refractivity contribution in [3.63, 3.8) is 0 Å². The zero-order valence-corrected chi connectivity index (χ0v) is 11.7. The Morgan fingerprint density at radius 2 is 1.90 bits per heavy atom. The number of carbonyl (C=O) groups excluding carboxylic acids is 1. The lowest BCUT2D eigenvalue weighted by Crippen LogP contribution is -2.15.